The molecular weight excluding hydrogens is 164 g/mol. The van der Waals surface area contributed by atoms with Crippen LogP contribution in [0.15, 0.2) is 0 Å². The van der Waals surface area contributed by atoms with Crippen molar-refractivity contribution in [2.24, 2.45) is 16.7 Å². The fourth-order valence-electron chi connectivity index (χ4n) is 3.52. The minimum atomic E-state index is 0.00639. The van der Waals surface area contributed by atoms with Gasteiger partial charge in [0.25, 0.3) is 0 Å². The van der Waals surface area contributed by atoms with Gasteiger partial charge in [-0.2, -0.15) is 0 Å². The molecule has 1 atom stereocenters. The highest BCUT2D eigenvalue weighted by Crippen LogP contribution is 2.75. The summed E-state index contributed by atoms with van der Waals surface area (Å²) in [6.45, 7) is 4.42. The largest absolute Gasteiger partial charge is 0.469 e. The maximum atomic E-state index is 11.5. The van der Waals surface area contributed by atoms with E-state index in [1.807, 2.05) is 0 Å². The summed E-state index contributed by atoms with van der Waals surface area (Å²) >= 11 is 0. The van der Waals surface area contributed by atoms with Crippen LogP contribution in [0.4, 0.5) is 0 Å². The molecule has 0 saturated heterocycles. The highest BCUT2D eigenvalue weighted by atomic mass is 16.5. The van der Waals surface area contributed by atoms with Crippen LogP contribution in [0.2, 0.25) is 0 Å². The minimum Gasteiger partial charge on any atom is -0.469 e. The van der Waals surface area contributed by atoms with Crippen molar-refractivity contribution in [1.82, 2.24) is 0 Å². The fourth-order valence-corrected chi connectivity index (χ4v) is 3.52. The smallest absolute Gasteiger partial charge is 0.309 e. The predicted molar refractivity (Wildman–Crippen MR) is 50.2 cm³/mol. The van der Waals surface area contributed by atoms with Gasteiger partial charge in [0, 0.05) is 0 Å². The highest BCUT2D eigenvalue weighted by Gasteiger charge is 2.74. The van der Waals surface area contributed by atoms with Crippen molar-refractivity contribution in [2.45, 2.75) is 39.5 Å². The van der Waals surface area contributed by atoms with Crippen molar-refractivity contribution in [3.05, 3.63) is 0 Å². The molecule has 2 fully saturated rings. The molecule has 2 aliphatic carbocycles. The second-order valence-corrected chi connectivity index (χ2v) is 5.04. The van der Waals surface area contributed by atoms with Gasteiger partial charge >= 0.3 is 5.97 Å². The molecule has 1 spiro atoms. The van der Waals surface area contributed by atoms with Gasteiger partial charge in [0.05, 0.1) is 13.0 Å². The second-order valence-electron chi connectivity index (χ2n) is 5.04. The van der Waals surface area contributed by atoms with Crippen molar-refractivity contribution >= 4 is 5.97 Å². The number of rotatable bonds is 1. The van der Waals surface area contributed by atoms with Crippen LogP contribution >= 0.6 is 0 Å². The number of methoxy groups -OCH3 is 1. The molecule has 0 aliphatic heterocycles. The number of carbonyl (C=O) groups excluding carboxylic acids is 1. The third-order valence-corrected chi connectivity index (χ3v) is 4.41. The standard InChI is InChI=1S/C11H18O2/c1-10(2)8(9(12)13-3)11(10)6-4-5-7-11/h8H,4-7H2,1-3H3. The average Bonchev–Trinajstić information content (AvgIpc) is 2.52. The van der Waals surface area contributed by atoms with Crippen LogP contribution in [0, 0.1) is 16.7 Å². The molecule has 1 unspecified atom stereocenters. The molecular formula is C11H18O2. The van der Waals surface area contributed by atoms with Gasteiger partial charge in [-0.3, -0.25) is 4.79 Å². The molecule has 13 heavy (non-hydrogen) atoms. The zero-order valence-corrected chi connectivity index (χ0v) is 8.72. The van der Waals surface area contributed by atoms with Crippen LogP contribution in [-0.4, -0.2) is 13.1 Å². The molecule has 2 heteroatoms. The maximum absolute atomic E-state index is 11.5. The van der Waals surface area contributed by atoms with E-state index in [4.69, 9.17) is 4.74 Å². The first-order chi connectivity index (χ1) is 6.06. The summed E-state index contributed by atoms with van der Waals surface area (Å²) < 4.78 is 4.86. The first-order valence-electron chi connectivity index (χ1n) is 5.14. The summed E-state index contributed by atoms with van der Waals surface area (Å²) in [5.74, 6) is 0.180. The molecule has 0 aromatic heterocycles. The van der Waals surface area contributed by atoms with E-state index in [2.05, 4.69) is 13.8 Å². The van der Waals surface area contributed by atoms with E-state index in [9.17, 15) is 4.79 Å². The van der Waals surface area contributed by atoms with Gasteiger partial charge in [0.1, 0.15) is 0 Å². The molecule has 2 nitrogen and oxygen atoms in total. The summed E-state index contributed by atoms with van der Waals surface area (Å²) in [6.07, 6.45) is 5.02. The first-order valence-corrected chi connectivity index (χ1v) is 5.14. The Morgan fingerprint density at radius 3 is 2.31 bits per heavy atom. The minimum absolute atomic E-state index is 0.00639. The number of hydrogen-bond acceptors (Lipinski definition) is 2. The Morgan fingerprint density at radius 1 is 1.31 bits per heavy atom. The molecule has 0 bridgehead atoms. The van der Waals surface area contributed by atoms with Crippen molar-refractivity contribution < 1.29 is 9.53 Å². The normalized spacial score (nSPS) is 33.3. The van der Waals surface area contributed by atoms with Crippen LogP contribution in [0.3, 0.4) is 0 Å². The predicted octanol–water partition coefficient (Wildman–Crippen LogP) is 2.38. The van der Waals surface area contributed by atoms with E-state index < -0.39 is 0 Å². The molecule has 0 radical (unpaired) electrons. The fraction of sp³-hybridized carbons (Fsp3) is 0.909. The summed E-state index contributed by atoms with van der Waals surface area (Å²) in [5, 5.41) is 0. The van der Waals surface area contributed by atoms with E-state index in [0.29, 0.717) is 5.41 Å². The van der Waals surface area contributed by atoms with E-state index in [1.165, 1.54) is 32.8 Å². The summed E-state index contributed by atoms with van der Waals surface area (Å²) in [7, 11) is 1.50. The number of carbonyl (C=O) groups is 1. The molecule has 0 heterocycles. The van der Waals surface area contributed by atoms with Crippen LogP contribution in [0.25, 0.3) is 0 Å². The molecule has 0 amide bonds. The maximum Gasteiger partial charge on any atom is 0.309 e. The Morgan fingerprint density at radius 2 is 1.85 bits per heavy atom. The highest BCUT2D eigenvalue weighted by molar-refractivity contribution is 5.79. The Kier molecular flexibility index (Phi) is 1.73. The van der Waals surface area contributed by atoms with E-state index >= 15 is 0 Å². The van der Waals surface area contributed by atoms with Gasteiger partial charge in [-0.15, -0.1) is 0 Å². The van der Waals surface area contributed by atoms with Gasteiger partial charge < -0.3 is 4.74 Å². The van der Waals surface area contributed by atoms with Gasteiger partial charge in [0.15, 0.2) is 0 Å². The Labute approximate surface area is 79.7 Å². The summed E-state index contributed by atoms with van der Waals surface area (Å²) in [4.78, 5) is 11.5. The van der Waals surface area contributed by atoms with Gasteiger partial charge in [0.2, 0.25) is 0 Å². The zero-order chi connectivity index (χ0) is 9.69. The Balaban J connectivity index is 2.19. The lowest BCUT2D eigenvalue weighted by molar-refractivity contribution is -0.143. The average molecular weight is 182 g/mol. The molecule has 74 valence electrons. The molecule has 2 rings (SSSR count). The van der Waals surface area contributed by atoms with Gasteiger partial charge in [-0.1, -0.05) is 26.7 Å². The van der Waals surface area contributed by atoms with Crippen LogP contribution in [-0.2, 0) is 9.53 Å². The van der Waals surface area contributed by atoms with Crippen LogP contribution in [0.5, 0.6) is 0 Å². The molecule has 2 aliphatic rings. The summed E-state index contributed by atoms with van der Waals surface area (Å²) in [6, 6.07) is 0. The lowest BCUT2D eigenvalue weighted by Gasteiger charge is -2.10. The van der Waals surface area contributed by atoms with Crippen molar-refractivity contribution in [3.8, 4) is 0 Å². The molecule has 2 saturated carbocycles. The number of hydrogen-bond donors (Lipinski definition) is 0. The van der Waals surface area contributed by atoms with Crippen molar-refractivity contribution in [1.29, 1.82) is 0 Å². The number of ether oxygens (including phenoxy) is 1. The first kappa shape index (κ1) is 9.04. The quantitative estimate of drug-likeness (QED) is 0.582. The van der Waals surface area contributed by atoms with Crippen molar-refractivity contribution in [2.75, 3.05) is 7.11 Å². The summed E-state index contributed by atoms with van der Waals surface area (Å²) in [5.41, 5.74) is 0.497. The van der Waals surface area contributed by atoms with E-state index in [-0.39, 0.29) is 17.3 Å². The van der Waals surface area contributed by atoms with Gasteiger partial charge in [-0.25, -0.2) is 0 Å². The van der Waals surface area contributed by atoms with E-state index in [1.54, 1.807) is 0 Å². The lowest BCUT2D eigenvalue weighted by Crippen LogP contribution is -2.09. The van der Waals surface area contributed by atoms with Gasteiger partial charge in [-0.05, 0) is 23.7 Å². The zero-order valence-electron chi connectivity index (χ0n) is 8.72. The third kappa shape index (κ3) is 0.918. The topological polar surface area (TPSA) is 26.3 Å². The molecule has 0 aromatic rings. The molecule has 0 aromatic carbocycles. The monoisotopic (exact) mass is 182 g/mol. The lowest BCUT2D eigenvalue weighted by atomic mass is 9.94. The Hall–Kier alpha value is -0.530. The molecule has 0 N–H and O–H groups in total. The number of esters is 1. The van der Waals surface area contributed by atoms with E-state index in [0.717, 1.165) is 0 Å². The van der Waals surface area contributed by atoms with Crippen LogP contribution in [0.1, 0.15) is 39.5 Å². The second kappa shape index (κ2) is 2.49. The Bertz CT molecular complexity index is 236. The SMILES string of the molecule is COC(=O)C1C(C)(C)C12CCCC2. The van der Waals surface area contributed by atoms with Crippen molar-refractivity contribution in [3.63, 3.8) is 0 Å². The third-order valence-electron chi connectivity index (χ3n) is 4.41. The van der Waals surface area contributed by atoms with Crippen LogP contribution < -0.4 is 0 Å².